The van der Waals surface area contributed by atoms with E-state index in [0.29, 0.717) is 78.4 Å². The Labute approximate surface area is 596 Å². The molecule has 530 valence electrons. The molecule has 11 rings (SSSR count). The van der Waals surface area contributed by atoms with Gasteiger partial charge in [-0.15, -0.1) is 24.0 Å². The number of carbonyl (C=O) groups is 6. The predicted molar refractivity (Wildman–Crippen MR) is 385 cm³/mol. The van der Waals surface area contributed by atoms with Crippen LogP contribution in [0.15, 0.2) is 185 Å². The maximum Gasteiger partial charge on any atom is 0.343 e. The monoisotopic (exact) mass is 1480 g/mol. The molecule has 3 aliphatic heterocycles. The second kappa shape index (κ2) is 37.7. The quantitative estimate of drug-likeness (QED) is 0.0421. The van der Waals surface area contributed by atoms with Gasteiger partial charge in [-0.05, 0) is 47.1 Å². The summed E-state index contributed by atoms with van der Waals surface area (Å²) in [6, 6.07) is 46.9. The van der Waals surface area contributed by atoms with Gasteiger partial charge in [0, 0.05) is 79.2 Å². The number of carboxylic acid groups (broad SMARTS) is 1. The van der Waals surface area contributed by atoms with Gasteiger partial charge in [0.2, 0.25) is 16.3 Å². The van der Waals surface area contributed by atoms with Crippen molar-refractivity contribution in [1.82, 2.24) is 28.4 Å². The number of rotatable bonds is 24. The Morgan fingerprint density at radius 2 is 0.690 bits per heavy atom. The number of hydrogen-bond acceptors (Lipinski definition) is 17. The van der Waals surface area contributed by atoms with Gasteiger partial charge in [0.1, 0.15) is 29.9 Å². The van der Waals surface area contributed by atoms with E-state index in [1.54, 1.807) is 38.1 Å². The maximum atomic E-state index is 13.6. The first kappa shape index (κ1) is 78.8. The summed E-state index contributed by atoms with van der Waals surface area (Å²) < 4.78 is 41.6. The number of fused-ring (bicyclic) bond motifs is 3. The van der Waals surface area contributed by atoms with Gasteiger partial charge >= 0.3 is 17.9 Å². The second-order valence-corrected chi connectivity index (χ2v) is 23.0. The van der Waals surface area contributed by atoms with E-state index in [4.69, 9.17) is 28.4 Å². The molecule has 6 heterocycles. The fraction of sp³-hybridized carbons (Fsp3) is 0.320. The summed E-state index contributed by atoms with van der Waals surface area (Å²) in [6.45, 7) is 3.25. The van der Waals surface area contributed by atoms with Crippen LogP contribution >= 0.6 is 24.0 Å². The van der Waals surface area contributed by atoms with Crippen LogP contribution in [0.1, 0.15) is 123 Å². The van der Waals surface area contributed by atoms with E-state index < -0.39 is 57.3 Å². The van der Waals surface area contributed by atoms with Gasteiger partial charge in [0.05, 0.1) is 52.2 Å². The van der Waals surface area contributed by atoms with E-state index in [-0.39, 0.29) is 116 Å². The molecular formula is C75H85IN6O18. The van der Waals surface area contributed by atoms with Crippen molar-refractivity contribution in [3.63, 3.8) is 0 Å². The average molecular weight is 1490 g/mol. The summed E-state index contributed by atoms with van der Waals surface area (Å²) >= 11 is 0. The van der Waals surface area contributed by atoms with Crippen LogP contribution in [0, 0.1) is 0 Å². The molecule has 0 fully saturated rings. The second-order valence-electron chi connectivity index (χ2n) is 23.0. The van der Waals surface area contributed by atoms with E-state index in [1.807, 2.05) is 152 Å². The highest BCUT2D eigenvalue weighted by atomic mass is 127. The Hall–Kier alpha value is -10.2. The smallest absolute Gasteiger partial charge is 0.343 e. The molecule has 3 aliphatic rings. The third-order valence-electron chi connectivity index (χ3n) is 16.7. The lowest BCUT2D eigenvalue weighted by Crippen LogP contribution is -2.47. The van der Waals surface area contributed by atoms with Gasteiger partial charge in [-0.2, -0.15) is 0 Å². The first-order valence-corrected chi connectivity index (χ1v) is 31.3. The number of aromatic hydroxyl groups is 1. The molecule has 2 N–H and O–H groups in total. The molecule has 0 unspecified atom stereocenters. The summed E-state index contributed by atoms with van der Waals surface area (Å²) in [5.41, 5.74) is 1.51. The molecule has 5 aromatic carbocycles. The van der Waals surface area contributed by atoms with Gasteiger partial charge in [-0.1, -0.05) is 167 Å². The lowest BCUT2D eigenvalue weighted by atomic mass is 10.0. The van der Waals surface area contributed by atoms with Crippen LogP contribution in [0.25, 0.3) is 0 Å². The molecule has 0 radical (unpaired) electrons. The number of carboxylic acids is 1. The van der Waals surface area contributed by atoms with Gasteiger partial charge in [0.25, 0.3) is 17.7 Å². The molecule has 3 amide bonds. The number of pyridine rings is 3. The number of benzene rings is 5. The lowest BCUT2D eigenvalue weighted by molar-refractivity contribution is 0.0566. The average Bonchev–Trinajstić information content (AvgIpc) is 0.774. The molecule has 100 heavy (non-hydrogen) atoms. The summed E-state index contributed by atoms with van der Waals surface area (Å²) in [5.74, 6) is -5.35. The van der Waals surface area contributed by atoms with E-state index in [0.717, 1.165) is 34.9 Å². The van der Waals surface area contributed by atoms with Crippen molar-refractivity contribution in [2.24, 2.45) is 0 Å². The number of methoxy groups -OCH3 is 5. The van der Waals surface area contributed by atoms with E-state index >= 15 is 0 Å². The summed E-state index contributed by atoms with van der Waals surface area (Å²) in [6.07, 6.45) is 5.69. The highest BCUT2D eigenvalue weighted by molar-refractivity contribution is 14.0. The van der Waals surface area contributed by atoms with E-state index in [1.165, 1.54) is 37.4 Å². The molecule has 0 bridgehead atoms. The number of nitrogens with zero attached hydrogens (tertiary/aromatic N) is 6. The SMILES string of the molecule is C.C.COCCN1C[C@H](Cc2ccccc2)n2cc(C(=O)O)c(=O)c(OCc3ccccc3)c2C1=O.COCCN1C[C@H](Cc2ccccc2)n2cc(C(=O)OC)c(=O)c(O)c2C1=O.COCCN1C[C@H](Cc2ccccc2)n2cc(C(=O)OC)c(=O)c(OCc3ccccc3)c2C1=O.I. The fourth-order valence-electron chi connectivity index (χ4n) is 11.8. The number of aromatic carboxylic acids is 1. The topological polar surface area (TPSA) is 283 Å². The van der Waals surface area contributed by atoms with Crippen molar-refractivity contribution in [1.29, 1.82) is 0 Å². The van der Waals surface area contributed by atoms with E-state index in [2.05, 4.69) is 4.74 Å². The van der Waals surface area contributed by atoms with Crippen LogP contribution in [0.2, 0.25) is 0 Å². The molecule has 25 heteroatoms. The standard InChI is InChI=1S/C27H28N2O6.C26H26N2O6.C20H22N2O6.2CH4.HI/c1-33-14-13-28-16-21(15-19-9-5-3-6-10-19)29-17-22(27(32)34-2)24(30)25(23(29)26(28)31)35-18-20-11-7-4-8-12-20;1-33-13-12-27-15-20(14-18-8-4-2-5-9-18)28-16-21(26(31)32)23(29)24(22(28)25(27)30)34-17-19-10-6-3-7-11-19;1-27-9-8-21-11-14(10-13-6-4-3-5-7-13)22-12-15(20(26)28-2)17(23)18(24)16(22)19(21)25;;;/h3-12,17,21H,13-16,18H2,1-2H3;2-11,16,20H,12-15,17H2,1H3,(H,31,32);3-7,12,14,24H,8-11H2,1-2H3;2*1H4;1H/t21-;20-;14-;;;/m000.../s1. The lowest BCUT2D eigenvalue weighted by Gasteiger charge is -2.37. The van der Waals surface area contributed by atoms with Crippen molar-refractivity contribution < 1.29 is 72.1 Å². The third-order valence-corrected chi connectivity index (χ3v) is 16.7. The van der Waals surface area contributed by atoms with E-state index in [9.17, 15) is 53.4 Å². The summed E-state index contributed by atoms with van der Waals surface area (Å²) in [5, 5.41) is 20.2. The Morgan fingerprint density at radius 1 is 0.410 bits per heavy atom. The van der Waals surface area contributed by atoms with Crippen molar-refractivity contribution in [2.75, 3.05) is 94.6 Å². The highest BCUT2D eigenvalue weighted by Gasteiger charge is 2.40. The number of carbonyl (C=O) groups excluding carboxylic acids is 5. The molecule has 0 saturated heterocycles. The number of halogens is 1. The molecular weight excluding hydrogens is 1400 g/mol. The molecule has 0 aliphatic carbocycles. The minimum Gasteiger partial charge on any atom is -0.503 e. The number of ether oxygens (including phenoxy) is 7. The van der Waals surface area contributed by atoms with Crippen LogP contribution in [0.3, 0.4) is 0 Å². The number of esters is 2. The number of aromatic nitrogens is 3. The minimum absolute atomic E-state index is 0. The third kappa shape index (κ3) is 18.7. The van der Waals surface area contributed by atoms with Gasteiger partial charge in [0.15, 0.2) is 34.3 Å². The highest BCUT2D eigenvalue weighted by Crippen LogP contribution is 2.33. The zero-order valence-corrected chi connectivity index (χ0v) is 57.1. The predicted octanol–water partition coefficient (Wildman–Crippen LogP) is 9.23. The van der Waals surface area contributed by atoms with Crippen molar-refractivity contribution in [3.8, 4) is 17.2 Å². The molecule has 24 nitrogen and oxygen atoms in total. The van der Waals surface area contributed by atoms with Crippen molar-refractivity contribution in [3.05, 3.63) is 263 Å². The van der Waals surface area contributed by atoms with Crippen LogP contribution in [0.5, 0.6) is 17.2 Å². The number of hydrogen-bond donors (Lipinski definition) is 2. The Morgan fingerprint density at radius 3 is 1.00 bits per heavy atom. The minimum atomic E-state index is -1.36. The fourth-order valence-corrected chi connectivity index (χ4v) is 11.8. The van der Waals surface area contributed by atoms with Crippen LogP contribution in [-0.2, 0) is 56.2 Å². The van der Waals surface area contributed by atoms with Gasteiger partial charge < -0.3 is 71.8 Å². The molecule has 3 aromatic heterocycles. The maximum absolute atomic E-state index is 13.6. The summed E-state index contributed by atoms with van der Waals surface area (Å²) in [4.78, 5) is 120. The Bertz CT molecular complexity index is 4270. The van der Waals surface area contributed by atoms with Crippen LogP contribution < -0.4 is 25.8 Å². The van der Waals surface area contributed by atoms with Gasteiger partial charge in [-0.25, -0.2) is 14.4 Å². The molecule has 8 aromatic rings. The van der Waals surface area contributed by atoms with Crippen molar-refractivity contribution in [2.45, 2.75) is 65.5 Å². The first-order chi connectivity index (χ1) is 47.0. The normalized spacial score (nSPS) is 14.9. The Kier molecular flexibility index (Phi) is 29.7. The van der Waals surface area contributed by atoms with Crippen LogP contribution in [-0.4, -0.2) is 169 Å². The molecule has 0 spiro atoms. The molecule has 0 saturated carbocycles. The molecule has 3 atom stereocenters. The Balaban J connectivity index is 0.000000234. The first-order valence-electron chi connectivity index (χ1n) is 31.3. The zero-order chi connectivity index (χ0) is 69.1. The summed E-state index contributed by atoms with van der Waals surface area (Å²) in [7, 11) is 7.04. The number of amides is 3. The van der Waals surface area contributed by atoms with Gasteiger partial charge in [-0.3, -0.25) is 28.8 Å². The van der Waals surface area contributed by atoms with Crippen LogP contribution in [0.4, 0.5) is 0 Å². The van der Waals surface area contributed by atoms with Crippen molar-refractivity contribution >= 4 is 59.6 Å². The largest absolute Gasteiger partial charge is 0.503 e. The zero-order valence-electron chi connectivity index (χ0n) is 54.8.